The second-order valence-corrected chi connectivity index (χ2v) is 8.16. The first-order valence-corrected chi connectivity index (χ1v) is 8.76. The van der Waals surface area contributed by atoms with Crippen LogP contribution in [0, 0.1) is 11.3 Å². The molecule has 2 heterocycles. The topological polar surface area (TPSA) is 83.3 Å². The van der Waals surface area contributed by atoms with Crippen LogP contribution in [0.3, 0.4) is 0 Å². The van der Waals surface area contributed by atoms with E-state index in [1.54, 1.807) is 17.0 Å². The van der Waals surface area contributed by atoms with Crippen LogP contribution < -0.4 is 0 Å². The van der Waals surface area contributed by atoms with Crippen molar-refractivity contribution in [1.82, 2.24) is 9.88 Å². The Hall–Kier alpha value is -1.94. The van der Waals surface area contributed by atoms with Gasteiger partial charge in [0.15, 0.2) is 0 Å². The highest BCUT2D eigenvalue weighted by molar-refractivity contribution is 7.85. The first-order valence-electron chi connectivity index (χ1n) is 7.55. The molecule has 2 atom stereocenters. The lowest BCUT2D eigenvalue weighted by molar-refractivity contribution is 0.0219. The van der Waals surface area contributed by atoms with Crippen LogP contribution in [0.5, 0.6) is 0 Å². The molecule has 0 aliphatic carbocycles. The Kier molecular flexibility index (Phi) is 5.37. The van der Waals surface area contributed by atoms with Crippen molar-refractivity contribution in [3.63, 3.8) is 0 Å². The number of carbonyl (C=O) groups excluding carboxylic acids is 1. The Labute approximate surface area is 138 Å². The van der Waals surface area contributed by atoms with Gasteiger partial charge in [-0.25, -0.2) is 9.78 Å². The number of nitrogens with zero attached hydrogens (tertiary/aromatic N) is 3. The third-order valence-electron chi connectivity index (χ3n) is 3.40. The lowest BCUT2D eigenvalue weighted by Gasteiger charge is -2.33. The van der Waals surface area contributed by atoms with Gasteiger partial charge in [-0.1, -0.05) is 0 Å². The van der Waals surface area contributed by atoms with Crippen molar-refractivity contribution in [2.24, 2.45) is 0 Å². The predicted octanol–water partition coefficient (Wildman–Crippen LogP) is 2.46. The zero-order chi connectivity index (χ0) is 17.0. The normalized spacial score (nSPS) is 19.7. The van der Waals surface area contributed by atoms with Gasteiger partial charge in [-0.2, -0.15) is 5.26 Å². The minimum absolute atomic E-state index is 0.197. The van der Waals surface area contributed by atoms with Crippen molar-refractivity contribution < 1.29 is 13.7 Å². The number of hydrogen-bond acceptors (Lipinski definition) is 5. The average Bonchev–Trinajstić information content (AvgIpc) is 2.52. The molecule has 1 amide bonds. The van der Waals surface area contributed by atoms with Crippen molar-refractivity contribution in [1.29, 1.82) is 5.26 Å². The molecule has 1 aromatic rings. The third-order valence-corrected chi connectivity index (χ3v) is 5.03. The zero-order valence-corrected chi connectivity index (χ0v) is 14.4. The van der Waals surface area contributed by atoms with Crippen LogP contribution in [-0.2, 0) is 15.5 Å². The third kappa shape index (κ3) is 4.76. The van der Waals surface area contributed by atoms with E-state index in [1.165, 1.54) is 6.20 Å². The molecule has 0 N–H and O–H groups in total. The number of nitriles is 1. The van der Waals surface area contributed by atoms with E-state index in [2.05, 4.69) is 4.98 Å². The fourth-order valence-corrected chi connectivity index (χ4v) is 3.81. The zero-order valence-electron chi connectivity index (χ0n) is 13.6. The van der Waals surface area contributed by atoms with Gasteiger partial charge in [0.2, 0.25) is 0 Å². The van der Waals surface area contributed by atoms with Gasteiger partial charge >= 0.3 is 6.09 Å². The van der Waals surface area contributed by atoms with E-state index in [0.29, 0.717) is 23.7 Å². The van der Waals surface area contributed by atoms with E-state index in [0.717, 1.165) is 12.8 Å². The van der Waals surface area contributed by atoms with Crippen molar-refractivity contribution in [3.05, 3.63) is 23.9 Å². The highest BCUT2D eigenvalue weighted by Crippen LogP contribution is 2.21. The Morgan fingerprint density at radius 3 is 2.91 bits per heavy atom. The first-order chi connectivity index (χ1) is 10.8. The number of likely N-dealkylation sites (tertiary alicyclic amines) is 1. The SMILES string of the molecule is CC(C)(C)OC(=O)N1CCCC(S(=O)c2cc(C#N)ccn2)C1. The summed E-state index contributed by atoms with van der Waals surface area (Å²) in [6.07, 6.45) is 2.64. The second kappa shape index (κ2) is 7.09. The molecule has 1 aromatic heterocycles. The molecule has 1 saturated heterocycles. The summed E-state index contributed by atoms with van der Waals surface area (Å²) in [5, 5.41) is 9.12. The number of ether oxygens (including phenoxy) is 1. The van der Waals surface area contributed by atoms with Crippen LogP contribution in [0.1, 0.15) is 39.2 Å². The summed E-state index contributed by atoms with van der Waals surface area (Å²) in [6.45, 7) is 6.44. The number of hydrogen-bond donors (Lipinski definition) is 0. The van der Waals surface area contributed by atoms with Crippen LogP contribution in [0.25, 0.3) is 0 Å². The van der Waals surface area contributed by atoms with Gasteiger partial charge in [0, 0.05) is 19.3 Å². The van der Waals surface area contributed by atoms with E-state index in [9.17, 15) is 9.00 Å². The molecule has 0 radical (unpaired) electrons. The Balaban J connectivity index is 2.07. The van der Waals surface area contributed by atoms with E-state index < -0.39 is 16.4 Å². The largest absolute Gasteiger partial charge is 0.444 e. The van der Waals surface area contributed by atoms with Crippen molar-refractivity contribution >= 4 is 16.9 Å². The Bertz CT molecular complexity index is 649. The number of carbonyl (C=O) groups is 1. The van der Waals surface area contributed by atoms with Crippen LogP contribution in [0.4, 0.5) is 4.79 Å². The van der Waals surface area contributed by atoms with E-state index in [4.69, 9.17) is 10.00 Å². The van der Waals surface area contributed by atoms with Crippen molar-refractivity contribution in [2.75, 3.05) is 13.1 Å². The predicted molar refractivity (Wildman–Crippen MR) is 86.2 cm³/mol. The standard InChI is InChI=1S/C16H21N3O3S/c1-16(2,3)22-15(20)19-8-4-5-13(11-19)23(21)14-9-12(10-17)6-7-18-14/h6-7,9,13H,4-5,8,11H2,1-3H3. The number of pyridine rings is 1. The summed E-state index contributed by atoms with van der Waals surface area (Å²) in [4.78, 5) is 17.9. The summed E-state index contributed by atoms with van der Waals surface area (Å²) in [7, 11) is -1.35. The van der Waals surface area contributed by atoms with Crippen LogP contribution >= 0.6 is 0 Å². The van der Waals surface area contributed by atoms with E-state index in [1.807, 2.05) is 26.8 Å². The molecule has 2 rings (SSSR count). The van der Waals surface area contributed by atoms with E-state index in [-0.39, 0.29) is 11.3 Å². The molecule has 124 valence electrons. The number of rotatable bonds is 2. The molecular weight excluding hydrogens is 314 g/mol. The van der Waals surface area contributed by atoms with Crippen LogP contribution in [0.15, 0.2) is 23.4 Å². The highest BCUT2D eigenvalue weighted by atomic mass is 32.2. The highest BCUT2D eigenvalue weighted by Gasteiger charge is 2.31. The maximum absolute atomic E-state index is 12.7. The smallest absolute Gasteiger partial charge is 0.410 e. The van der Waals surface area contributed by atoms with Gasteiger partial charge in [-0.3, -0.25) is 4.21 Å². The second-order valence-electron chi connectivity index (χ2n) is 6.48. The van der Waals surface area contributed by atoms with Gasteiger partial charge in [-0.05, 0) is 45.7 Å². The first kappa shape index (κ1) is 17.4. The summed E-state index contributed by atoms with van der Waals surface area (Å²) < 4.78 is 18.1. The number of amides is 1. The molecular formula is C16H21N3O3S. The number of piperidine rings is 1. The van der Waals surface area contributed by atoms with Crippen LogP contribution in [0.2, 0.25) is 0 Å². The number of aromatic nitrogens is 1. The molecule has 1 fully saturated rings. The molecule has 6 nitrogen and oxygen atoms in total. The van der Waals surface area contributed by atoms with Crippen LogP contribution in [-0.4, -0.2) is 44.1 Å². The van der Waals surface area contributed by atoms with Gasteiger partial charge < -0.3 is 9.64 Å². The molecule has 0 bridgehead atoms. The molecule has 0 saturated carbocycles. The maximum atomic E-state index is 12.7. The molecule has 0 aromatic carbocycles. The molecule has 23 heavy (non-hydrogen) atoms. The molecule has 7 heteroatoms. The lowest BCUT2D eigenvalue weighted by Crippen LogP contribution is -2.45. The molecule has 2 unspecified atom stereocenters. The summed E-state index contributed by atoms with van der Waals surface area (Å²) in [5.41, 5.74) is -0.116. The summed E-state index contributed by atoms with van der Waals surface area (Å²) in [6, 6.07) is 5.14. The van der Waals surface area contributed by atoms with Gasteiger partial charge in [0.05, 0.1) is 27.7 Å². The minimum atomic E-state index is -1.35. The lowest BCUT2D eigenvalue weighted by atomic mass is 10.1. The van der Waals surface area contributed by atoms with Gasteiger partial charge in [-0.15, -0.1) is 0 Å². The Morgan fingerprint density at radius 1 is 1.52 bits per heavy atom. The minimum Gasteiger partial charge on any atom is -0.444 e. The maximum Gasteiger partial charge on any atom is 0.410 e. The summed E-state index contributed by atoms with van der Waals surface area (Å²) in [5.74, 6) is 0. The molecule has 1 aliphatic heterocycles. The fourth-order valence-electron chi connectivity index (χ4n) is 2.37. The fraction of sp³-hybridized carbons (Fsp3) is 0.562. The van der Waals surface area contributed by atoms with Gasteiger partial charge in [0.25, 0.3) is 0 Å². The average molecular weight is 335 g/mol. The van der Waals surface area contributed by atoms with Crippen molar-refractivity contribution in [2.45, 2.75) is 49.5 Å². The van der Waals surface area contributed by atoms with E-state index >= 15 is 0 Å². The van der Waals surface area contributed by atoms with Crippen molar-refractivity contribution in [3.8, 4) is 6.07 Å². The summed E-state index contributed by atoms with van der Waals surface area (Å²) >= 11 is 0. The van der Waals surface area contributed by atoms with Gasteiger partial charge in [0.1, 0.15) is 10.6 Å². The monoisotopic (exact) mass is 335 g/mol. The Morgan fingerprint density at radius 2 is 2.26 bits per heavy atom. The molecule has 1 aliphatic rings. The quantitative estimate of drug-likeness (QED) is 0.829. The molecule has 0 spiro atoms.